The van der Waals surface area contributed by atoms with Crippen LogP contribution in [-0.4, -0.2) is 25.2 Å². The Balaban J connectivity index is 2.12. The molecule has 0 radical (unpaired) electrons. The molecule has 0 atom stereocenters. The third-order valence-electron chi connectivity index (χ3n) is 3.21. The van der Waals surface area contributed by atoms with Crippen molar-refractivity contribution in [2.45, 2.75) is 6.18 Å². The second-order valence-corrected chi connectivity index (χ2v) is 4.79. The van der Waals surface area contributed by atoms with E-state index in [0.717, 1.165) is 6.07 Å². The number of alkyl halides is 3. The lowest BCUT2D eigenvalue weighted by Gasteiger charge is -2.09. The van der Waals surface area contributed by atoms with Gasteiger partial charge in [-0.15, -0.1) is 0 Å². The van der Waals surface area contributed by atoms with Gasteiger partial charge in [0.15, 0.2) is 11.5 Å². The monoisotopic (exact) mass is 339 g/mol. The fraction of sp³-hybridized carbons (Fsp3) is 0.0714. The van der Waals surface area contributed by atoms with Gasteiger partial charge in [-0.1, -0.05) is 0 Å². The summed E-state index contributed by atoms with van der Waals surface area (Å²) in [5, 5.41) is 3.26. The minimum Gasteiger partial charge on any atom is -0.364 e. The second-order valence-electron chi connectivity index (χ2n) is 4.79. The summed E-state index contributed by atoms with van der Waals surface area (Å²) in [7, 11) is 0. The highest BCUT2D eigenvalue weighted by Crippen LogP contribution is 2.30. The van der Waals surface area contributed by atoms with Gasteiger partial charge < -0.3 is 10.3 Å². The molecular formula is C14H9F4N5O. The molecule has 0 aliphatic heterocycles. The average molecular weight is 339 g/mol. The maximum absolute atomic E-state index is 14.3. The number of nitrogens with zero attached hydrogens (tertiary/aromatic N) is 4. The van der Waals surface area contributed by atoms with Crippen molar-refractivity contribution in [2.75, 3.05) is 0 Å². The van der Waals surface area contributed by atoms with Gasteiger partial charge in [0.1, 0.15) is 11.4 Å². The van der Waals surface area contributed by atoms with E-state index >= 15 is 0 Å². The quantitative estimate of drug-likeness (QED) is 0.744. The largest absolute Gasteiger partial charge is 0.435 e. The Morgan fingerprint density at radius 1 is 1.21 bits per heavy atom. The Labute approximate surface area is 132 Å². The van der Waals surface area contributed by atoms with E-state index in [4.69, 9.17) is 5.73 Å². The maximum Gasteiger partial charge on any atom is 0.435 e. The lowest BCUT2D eigenvalue weighted by Crippen LogP contribution is -2.17. The molecule has 0 aliphatic carbocycles. The fourth-order valence-corrected chi connectivity index (χ4v) is 2.12. The third-order valence-corrected chi connectivity index (χ3v) is 3.21. The molecule has 0 bridgehead atoms. The SMILES string of the molecule is NC(=O)c1cc(C(F)(F)F)nn1-c1ccc(-n2ccnc2)cc1F. The van der Waals surface area contributed by atoms with Gasteiger partial charge in [-0.3, -0.25) is 4.79 Å². The highest BCUT2D eigenvalue weighted by atomic mass is 19.4. The molecule has 1 amide bonds. The molecular weight excluding hydrogens is 330 g/mol. The van der Waals surface area contributed by atoms with Crippen molar-refractivity contribution in [2.24, 2.45) is 5.73 Å². The van der Waals surface area contributed by atoms with Gasteiger partial charge in [0, 0.05) is 30.2 Å². The number of hydrogen-bond donors (Lipinski definition) is 1. The van der Waals surface area contributed by atoms with Gasteiger partial charge >= 0.3 is 6.18 Å². The van der Waals surface area contributed by atoms with E-state index in [1.807, 2.05) is 0 Å². The predicted octanol–water partition coefficient (Wildman–Crippen LogP) is 2.31. The number of hydrogen-bond acceptors (Lipinski definition) is 3. The number of carbonyl (C=O) groups excluding carboxylic acids is 1. The Bertz CT molecular complexity index is 899. The molecule has 0 saturated heterocycles. The average Bonchev–Trinajstić information content (AvgIpc) is 3.16. The van der Waals surface area contributed by atoms with Crippen LogP contribution in [0.25, 0.3) is 11.4 Å². The normalized spacial score (nSPS) is 11.7. The van der Waals surface area contributed by atoms with Gasteiger partial charge in [-0.2, -0.15) is 18.3 Å². The second kappa shape index (κ2) is 5.48. The van der Waals surface area contributed by atoms with Crippen molar-refractivity contribution < 1.29 is 22.4 Å². The number of benzene rings is 1. The molecule has 10 heteroatoms. The van der Waals surface area contributed by atoms with E-state index < -0.39 is 29.3 Å². The van der Waals surface area contributed by atoms with E-state index in [-0.39, 0.29) is 5.69 Å². The zero-order valence-corrected chi connectivity index (χ0v) is 11.8. The standard InChI is InChI=1S/C14H9F4N5O/c15-9-5-8(22-4-3-20-7-22)1-2-10(9)23-11(13(19)24)6-12(21-23)14(16,17)18/h1-7H,(H2,19,24). The van der Waals surface area contributed by atoms with Gasteiger partial charge in [0.05, 0.1) is 6.33 Å². The van der Waals surface area contributed by atoms with Gasteiger partial charge in [0.2, 0.25) is 0 Å². The molecule has 3 aromatic rings. The zero-order valence-electron chi connectivity index (χ0n) is 11.8. The van der Waals surface area contributed by atoms with Crippen LogP contribution in [-0.2, 0) is 6.18 Å². The van der Waals surface area contributed by atoms with Crippen molar-refractivity contribution in [1.82, 2.24) is 19.3 Å². The molecule has 24 heavy (non-hydrogen) atoms. The van der Waals surface area contributed by atoms with Crippen LogP contribution in [0.1, 0.15) is 16.2 Å². The molecule has 1 aromatic carbocycles. The molecule has 3 rings (SSSR count). The van der Waals surface area contributed by atoms with Crippen molar-refractivity contribution >= 4 is 5.91 Å². The Morgan fingerprint density at radius 2 is 1.96 bits per heavy atom. The molecule has 0 saturated carbocycles. The van der Waals surface area contributed by atoms with Gasteiger partial charge in [-0.25, -0.2) is 14.1 Å². The number of halogens is 4. The smallest absolute Gasteiger partial charge is 0.364 e. The van der Waals surface area contributed by atoms with Crippen LogP contribution in [0.3, 0.4) is 0 Å². The first-order valence-electron chi connectivity index (χ1n) is 6.52. The molecule has 2 aromatic heterocycles. The first kappa shape index (κ1) is 15.7. The summed E-state index contributed by atoms with van der Waals surface area (Å²) in [6.45, 7) is 0. The summed E-state index contributed by atoms with van der Waals surface area (Å²) >= 11 is 0. The van der Waals surface area contributed by atoms with Crippen LogP contribution >= 0.6 is 0 Å². The van der Waals surface area contributed by atoms with Crippen LogP contribution in [0.4, 0.5) is 17.6 Å². The highest BCUT2D eigenvalue weighted by molar-refractivity contribution is 5.91. The number of rotatable bonds is 3. The number of aromatic nitrogens is 4. The van der Waals surface area contributed by atoms with Gasteiger partial charge in [0.25, 0.3) is 5.91 Å². The number of primary amides is 1. The lowest BCUT2D eigenvalue weighted by molar-refractivity contribution is -0.141. The van der Waals surface area contributed by atoms with Crippen LogP contribution in [0.2, 0.25) is 0 Å². The Morgan fingerprint density at radius 3 is 2.50 bits per heavy atom. The Kier molecular flexibility index (Phi) is 3.59. The summed E-state index contributed by atoms with van der Waals surface area (Å²) in [4.78, 5) is 15.2. The first-order chi connectivity index (χ1) is 11.3. The van der Waals surface area contributed by atoms with E-state index in [9.17, 15) is 22.4 Å². The minimum atomic E-state index is -4.79. The van der Waals surface area contributed by atoms with Crippen LogP contribution in [0, 0.1) is 5.82 Å². The molecule has 2 N–H and O–H groups in total. The fourth-order valence-electron chi connectivity index (χ4n) is 2.12. The molecule has 124 valence electrons. The van der Waals surface area contributed by atoms with E-state index in [0.29, 0.717) is 16.4 Å². The number of imidazole rings is 1. The molecule has 0 aliphatic rings. The number of nitrogens with two attached hydrogens (primary N) is 1. The summed E-state index contributed by atoms with van der Waals surface area (Å²) in [6, 6.07) is 4.20. The van der Waals surface area contributed by atoms with Crippen molar-refractivity contribution in [3.8, 4) is 11.4 Å². The van der Waals surface area contributed by atoms with Crippen molar-refractivity contribution in [1.29, 1.82) is 0 Å². The molecule has 0 spiro atoms. The summed E-state index contributed by atoms with van der Waals surface area (Å²) < 4.78 is 54.7. The molecule has 0 unspecified atom stereocenters. The summed E-state index contributed by atoms with van der Waals surface area (Å²) in [5.74, 6) is -2.03. The third kappa shape index (κ3) is 2.73. The van der Waals surface area contributed by atoms with E-state index in [1.165, 1.54) is 29.2 Å². The van der Waals surface area contributed by atoms with Crippen LogP contribution in [0.15, 0.2) is 43.0 Å². The van der Waals surface area contributed by atoms with Crippen LogP contribution < -0.4 is 5.73 Å². The van der Waals surface area contributed by atoms with E-state index in [1.54, 1.807) is 6.20 Å². The zero-order chi connectivity index (χ0) is 17.5. The number of amides is 1. The van der Waals surface area contributed by atoms with E-state index in [2.05, 4.69) is 10.1 Å². The highest BCUT2D eigenvalue weighted by Gasteiger charge is 2.36. The lowest BCUT2D eigenvalue weighted by atomic mass is 10.2. The van der Waals surface area contributed by atoms with Crippen molar-refractivity contribution in [3.63, 3.8) is 0 Å². The van der Waals surface area contributed by atoms with Crippen LogP contribution in [0.5, 0.6) is 0 Å². The van der Waals surface area contributed by atoms with Gasteiger partial charge in [-0.05, 0) is 12.1 Å². The molecule has 0 fully saturated rings. The molecule has 6 nitrogen and oxygen atoms in total. The Hall–Kier alpha value is -3.17. The summed E-state index contributed by atoms with van der Waals surface area (Å²) in [6.07, 6.45) is -0.305. The number of carbonyl (C=O) groups is 1. The van der Waals surface area contributed by atoms with Crippen molar-refractivity contribution in [3.05, 3.63) is 60.2 Å². The topological polar surface area (TPSA) is 78.7 Å². The molecule has 2 heterocycles. The summed E-state index contributed by atoms with van der Waals surface area (Å²) in [5.41, 5.74) is 3.22. The maximum atomic E-state index is 14.3. The predicted molar refractivity (Wildman–Crippen MR) is 74.2 cm³/mol. The first-order valence-corrected chi connectivity index (χ1v) is 6.52. The minimum absolute atomic E-state index is 0.330.